The molecule has 0 amide bonds. The van der Waals surface area contributed by atoms with E-state index in [1.54, 1.807) is 4.52 Å². The second kappa shape index (κ2) is 6.51. The second-order valence-electron chi connectivity index (χ2n) is 5.98. The Hall–Kier alpha value is -1.96. The Morgan fingerprint density at radius 3 is 2.71 bits per heavy atom. The van der Waals surface area contributed by atoms with E-state index in [-0.39, 0.29) is 11.9 Å². The number of morpholine rings is 1. The third-order valence-electron chi connectivity index (χ3n) is 4.50. The van der Waals surface area contributed by atoms with E-state index in [4.69, 9.17) is 4.74 Å². The number of quaternary nitrogens is 1. The molecule has 1 aliphatic heterocycles. The van der Waals surface area contributed by atoms with Gasteiger partial charge in [-0.2, -0.15) is 4.52 Å². The topological polar surface area (TPSA) is 64.1 Å². The summed E-state index contributed by atoms with van der Waals surface area (Å²) in [7, 11) is 0. The van der Waals surface area contributed by atoms with Crippen molar-refractivity contribution >= 4 is 16.3 Å². The number of nitrogens with zero attached hydrogens (tertiary/aromatic N) is 3. The minimum absolute atomic E-state index is 0.0775. The highest BCUT2D eigenvalue weighted by Crippen LogP contribution is 2.35. The van der Waals surface area contributed by atoms with Crippen molar-refractivity contribution in [3.8, 4) is 5.88 Å². The number of hydrogen-bond donors (Lipinski definition) is 2. The van der Waals surface area contributed by atoms with Gasteiger partial charge in [0, 0.05) is 12.0 Å². The Bertz CT molecular complexity index is 824. The monoisotopic (exact) mass is 345 g/mol. The Balaban J connectivity index is 1.80. The van der Waals surface area contributed by atoms with E-state index in [0.717, 1.165) is 48.4 Å². The molecule has 1 aromatic carbocycles. The van der Waals surface area contributed by atoms with Crippen molar-refractivity contribution < 1.29 is 14.7 Å². The van der Waals surface area contributed by atoms with Crippen molar-refractivity contribution in [2.75, 3.05) is 26.3 Å². The van der Waals surface area contributed by atoms with Crippen LogP contribution in [0.25, 0.3) is 4.96 Å². The van der Waals surface area contributed by atoms with Crippen molar-refractivity contribution in [3.05, 3.63) is 46.6 Å². The van der Waals surface area contributed by atoms with E-state index in [0.29, 0.717) is 0 Å². The summed E-state index contributed by atoms with van der Waals surface area (Å²) in [4.78, 5) is 7.60. The lowest BCUT2D eigenvalue weighted by atomic mass is 10.0. The standard InChI is InChI=1S/C17H20N4O2S/c1-2-13-18-17-21(19-13)16(22)15(24-17)14(12-6-4-3-5-7-12)20-8-10-23-11-9-20/h3-7,14,22H,2,8-11H2,1H3/p+1/t14-/m0/s1. The van der Waals surface area contributed by atoms with Crippen molar-refractivity contribution in [1.29, 1.82) is 0 Å². The molecule has 1 saturated heterocycles. The smallest absolute Gasteiger partial charge is 0.235 e. The molecule has 0 radical (unpaired) electrons. The van der Waals surface area contributed by atoms with Crippen LogP contribution in [0.3, 0.4) is 0 Å². The van der Waals surface area contributed by atoms with Gasteiger partial charge >= 0.3 is 0 Å². The van der Waals surface area contributed by atoms with Gasteiger partial charge in [-0.05, 0) is 0 Å². The number of ether oxygens (including phenoxy) is 1. The number of nitrogens with one attached hydrogen (secondary N) is 1. The number of aromatic nitrogens is 3. The zero-order chi connectivity index (χ0) is 16.5. The molecular weight excluding hydrogens is 324 g/mol. The molecule has 0 spiro atoms. The van der Waals surface area contributed by atoms with Gasteiger partial charge in [-0.25, -0.2) is 4.98 Å². The van der Waals surface area contributed by atoms with Crippen LogP contribution in [0.1, 0.15) is 29.2 Å². The number of benzene rings is 1. The summed E-state index contributed by atoms with van der Waals surface area (Å²) in [5.41, 5.74) is 1.20. The summed E-state index contributed by atoms with van der Waals surface area (Å²) in [6.07, 6.45) is 0.764. The van der Waals surface area contributed by atoms with E-state index >= 15 is 0 Å². The third kappa shape index (κ3) is 2.68. The first kappa shape index (κ1) is 15.6. The van der Waals surface area contributed by atoms with Crippen LogP contribution < -0.4 is 4.90 Å². The summed E-state index contributed by atoms with van der Waals surface area (Å²) >= 11 is 1.53. The molecule has 3 aromatic rings. The highest BCUT2D eigenvalue weighted by atomic mass is 32.1. The third-order valence-corrected chi connectivity index (χ3v) is 5.58. The number of thiazole rings is 1. The molecule has 24 heavy (non-hydrogen) atoms. The first-order valence-electron chi connectivity index (χ1n) is 8.32. The van der Waals surface area contributed by atoms with E-state index in [2.05, 4.69) is 22.2 Å². The molecule has 0 unspecified atom stereocenters. The number of hydrogen-bond acceptors (Lipinski definition) is 5. The summed E-state index contributed by atoms with van der Waals surface area (Å²) in [5, 5.41) is 15.2. The fourth-order valence-electron chi connectivity index (χ4n) is 3.27. The number of aromatic hydroxyl groups is 1. The maximum atomic E-state index is 10.8. The molecule has 7 heteroatoms. The molecule has 2 N–H and O–H groups in total. The predicted molar refractivity (Wildman–Crippen MR) is 91.7 cm³/mol. The number of fused-ring (bicyclic) bond motifs is 1. The molecule has 0 saturated carbocycles. The second-order valence-corrected chi connectivity index (χ2v) is 6.99. The molecule has 126 valence electrons. The number of aryl methyl sites for hydroxylation is 1. The quantitative estimate of drug-likeness (QED) is 0.742. The molecule has 2 aromatic heterocycles. The van der Waals surface area contributed by atoms with Crippen LogP contribution in [0.4, 0.5) is 0 Å². The zero-order valence-corrected chi connectivity index (χ0v) is 14.4. The van der Waals surface area contributed by atoms with Crippen LogP contribution in [0.15, 0.2) is 30.3 Å². The van der Waals surface area contributed by atoms with Crippen LogP contribution in [0.2, 0.25) is 0 Å². The van der Waals surface area contributed by atoms with Crippen LogP contribution in [0.5, 0.6) is 5.88 Å². The lowest BCUT2D eigenvalue weighted by Gasteiger charge is -2.31. The fraction of sp³-hybridized carbons (Fsp3) is 0.412. The van der Waals surface area contributed by atoms with Crippen LogP contribution in [-0.4, -0.2) is 46.0 Å². The van der Waals surface area contributed by atoms with Crippen LogP contribution in [0, 0.1) is 0 Å². The molecule has 6 nitrogen and oxygen atoms in total. The largest absolute Gasteiger partial charge is 0.492 e. The Kier molecular flexibility index (Phi) is 4.22. The van der Waals surface area contributed by atoms with Crippen molar-refractivity contribution in [3.63, 3.8) is 0 Å². The maximum Gasteiger partial charge on any atom is 0.235 e. The molecule has 0 bridgehead atoms. The summed E-state index contributed by atoms with van der Waals surface area (Å²) in [6, 6.07) is 10.4. The Morgan fingerprint density at radius 2 is 2.04 bits per heavy atom. The van der Waals surface area contributed by atoms with Gasteiger partial charge in [0.05, 0.1) is 13.2 Å². The fourth-order valence-corrected chi connectivity index (χ4v) is 4.43. The lowest BCUT2D eigenvalue weighted by molar-refractivity contribution is -0.932. The summed E-state index contributed by atoms with van der Waals surface area (Å²) < 4.78 is 7.09. The van der Waals surface area contributed by atoms with Gasteiger partial charge < -0.3 is 14.7 Å². The van der Waals surface area contributed by atoms with Gasteiger partial charge in [0.15, 0.2) is 11.9 Å². The Morgan fingerprint density at radius 1 is 1.29 bits per heavy atom. The van der Waals surface area contributed by atoms with Crippen LogP contribution >= 0.6 is 11.3 Å². The maximum absolute atomic E-state index is 10.8. The van der Waals surface area contributed by atoms with Crippen LogP contribution in [-0.2, 0) is 11.2 Å². The first-order chi connectivity index (χ1) is 11.8. The minimum Gasteiger partial charge on any atom is -0.492 e. The Labute approximate surface area is 144 Å². The van der Waals surface area contributed by atoms with Gasteiger partial charge in [-0.1, -0.05) is 48.6 Å². The van der Waals surface area contributed by atoms with E-state index in [1.807, 2.05) is 25.1 Å². The molecule has 0 aliphatic carbocycles. The molecular formula is C17H21N4O2S+. The van der Waals surface area contributed by atoms with Crippen molar-refractivity contribution in [2.45, 2.75) is 19.4 Å². The van der Waals surface area contributed by atoms with Crippen molar-refractivity contribution in [1.82, 2.24) is 14.6 Å². The first-order valence-corrected chi connectivity index (χ1v) is 9.14. The summed E-state index contributed by atoms with van der Waals surface area (Å²) in [6.45, 7) is 5.36. The SMILES string of the molecule is CCc1nc2sc([C@H](c3ccccc3)[NH+]3CCOCC3)c(O)n2n1. The highest BCUT2D eigenvalue weighted by Gasteiger charge is 2.33. The van der Waals surface area contributed by atoms with Gasteiger partial charge in [-0.15, -0.1) is 5.10 Å². The van der Waals surface area contributed by atoms with E-state index in [1.165, 1.54) is 21.8 Å². The normalized spacial score (nSPS) is 17.4. The van der Waals surface area contributed by atoms with E-state index < -0.39 is 0 Å². The molecule has 4 rings (SSSR count). The van der Waals surface area contributed by atoms with Gasteiger partial charge in [0.1, 0.15) is 18.0 Å². The predicted octanol–water partition coefficient (Wildman–Crippen LogP) is 1.06. The molecule has 3 heterocycles. The van der Waals surface area contributed by atoms with Gasteiger partial charge in [0.25, 0.3) is 0 Å². The van der Waals surface area contributed by atoms with Gasteiger partial charge in [0.2, 0.25) is 10.8 Å². The van der Waals surface area contributed by atoms with Gasteiger partial charge in [-0.3, -0.25) is 0 Å². The number of rotatable bonds is 4. The van der Waals surface area contributed by atoms with E-state index in [9.17, 15) is 5.11 Å². The highest BCUT2D eigenvalue weighted by molar-refractivity contribution is 7.17. The molecule has 1 aliphatic rings. The summed E-state index contributed by atoms with van der Waals surface area (Å²) in [5.74, 6) is 0.980. The average molecular weight is 345 g/mol. The minimum atomic E-state index is 0.0775. The van der Waals surface area contributed by atoms with Crippen molar-refractivity contribution in [2.24, 2.45) is 0 Å². The average Bonchev–Trinajstić information content (AvgIpc) is 3.17. The lowest BCUT2D eigenvalue weighted by Crippen LogP contribution is -3.14. The zero-order valence-electron chi connectivity index (χ0n) is 13.6. The molecule has 1 fully saturated rings. The molecule has 1 atom stereocenters.